The number of rotatable bonds is 3. The Morgan fingerprint density at radius 2 is 1.78 bits per heavy atom. The number of hydrogen-bond donors (Lipinski definition) is 6. The van der Waals surface area contributed by atoms with Crippen LogP contribution in [0.2, 0.25) is 5.15 Å². The van der Waals surface area contributed by atoms with Gasteiger partial charge < -0.3 is 22.9 Å². The fraction of sp³-hybridized carbons (Fsp3) is 0.0714. The Kier molecular flexibility index (Phi) is 6.27. The van der Waals surface area contributed by atoms with Gasteiger partial charge in [-0.15, -0.1) is 0 Å². The molecule has 27 heavy (non-hydrogen) atoms. The summed E-state index contributed by atoms with van der Waals surface area (Å²) in [5.41, 5.74) is 27.1. The molecule has 1 aromatic carbocycles. The van der Waals surface area contributed by atoms with Crippen molar-refractivity contribution in [2.24, 2.45) is 21.5 Å². The number of nitrogens with two attached hydrogens (primary N) is 4. The fourth-order valence-corrected chi connectivity index (χ4v) is 1.86. The molecule has 2 rings (SSSR count). The van der Waals surface area contributed by atoms with E-state index in [0.29, 0.717) is 0 Å². The lowest BCUT2D eigenvalue weighted by molar-refractivity contribution is 0.0939. The number of aliphatic imine (C=N–C) groups is 2. The third-order valence-electron chi connectivity index (χ3n) is 3.00. The number of halogens is 2. The lowest BCUT2D eigenvalue weighted by Crippen LogP contribution is -2.46. The van der Waals surface area contributed by atoms with Gasteiger partial charge in [0.2, 0.25) is 11.9 Å². The molecule has 0 atom stereocenters. The molecule has 0 spiro atoms. The summed E-state index contributed by atoms with van der Waals surface area (Å²) in [4.78, 5) is 27.1. The van der Waals surface area contributed by atoms with E-state index in [-0.39, 0.29) is 46.8 Å². The van der Waals surface area contributed by atoms with E-state index in [1.807, 2.05) is 0 Å². The maximum absolute atomic E-state index is 12.8. The van der Waals surface area contributed by atoms with Crippen LogP contribution < -0.4 is 33.8 Å². The summed E-state index contributed by atoms with van der Waals surface area (Å²) in [6.45, 7) is 0.172. The number of hydrazine groups is 1. The minimum atomic E-state index is -0.776. The predicted octanol–water partition coefficient (Wildman–Crippen LogP) is -0.502. The van der Waals surface area contributed by atoms with Crippen molar-refractivity contribution in [3.8, 4) is 0 Å². The first-order chi connectivity index (χ1) is 12.8. The SMILES string of the molecule is NC(=NCc1ccc(F)cc1)/N=C(\N)NNC(=O)c1nc(Cl)c(N)nc1N. The van der Waals surface area contributed by atoms with Gasteiger partial charge in [0.25, 0.3) is 5.91 Å². The second-order valence-corrected chi connectivity index (χ2v) is 5.37. The predicted molar refractivity (Wildman–Crippen MR) is 99.8 cm³/mol. The normalized spacial score (nSPS) is 11.9. The van der Waals surface area contributed by atoms with Crippen LogP contribution in [0.15, 0.2) is 34.3 Å². The monoisotopic (exact) mass is 394 g/mol. The highest BCUT2D eigenvalue weighted by molar-refractivity contribution is 6.31. The summed E-state index contributed by atoms with van der Waals surface area (Å²) in [6, 6.07) is 5.71. The van der Waals surface area contributed by atoms with Crippen molar-refractivity contribution in [3.63, 3.8) is 0 Å². The van der Waals surface area contributed by atoms with Gasteiger partial charge in [-0.1, -0.05) is 23.7 Å². The highest BCUT2D eigenvalue weighted by Gasteiger charge is 2.15. The molecule has 142 valence electrons. The van der Waals surface area contributed by atoms with Gasteiger partial charge in [-0.3, -0.25) is 15.6 Å². The Balaban J connectivity index is 1.94. The summed E-state index contributed by atoms with van der Waals surface area (Å²) >= 11 is 5.70. The maximum atomic E-state index is 12.8. The first kappa shape index (κ1) is 19.7. The maximum Gasteiger partial charge on any atom is 0.292 e. The lowest BCUT2D eigenvalue weighted by atomic mass is 10.2. The standard InChI is InChI=1S/C14H16ClFN10O/c15-9-11(18)23-10(17)8(22-9)12(27)25-26-14(20)24-13(19)21-5-6-1-3-7(16)4-2-6/h1-4H,5H2,(H,25,27)(H4,17,18,23)(H5,19,20,21,24,26). The first-order valence-corrected chi connectivity index (χ1v) is 7.67. The van der Waals surface area contributed by atoms with E-state index in [0.717, 1.165) is 5.56 Å². The number of hydrogen-bond acceptors (Lipinski definition) is 6. The third kappa shape index (κ3) is 5.67. The molecule has 10 N–H and O–H groups in total. The second kappa shape index (κ2) is 8.62. The summed E-state index contributed by atoms with van der Waals surface area (Å²) in [6.07, 6.45) is 0. The Labute approximate surface area is 157 Å². The second-order valence-electron chi connectivity index (χ2n) is 5.01. The molecule has 13 heteroatoms. The highest BCUT2D eigenvalue weighted by atomic mass is 35.5. The summed E-state index contributed by atoms with van der Waals surface area (Å²) in [5, 5.41) is -0.173. The van der Waals surface area contributed by atoms with Gasteiger partial charge in [-0.2, -0.15) is 4.99 Å². The number of benzene rings is 1. The number of aromatic nitrogens is 2. The van der Waals surface area contributed by atoms with Gasteiger partial charge in [0.05, 0.1) is 6.54 Å². The molecule has 0 bridgehead atoms. The lowest BCUT2D eigenvalue weighted by Gasteiger charge is -2.09. The Hall–Kier alpha value is -3.67. The summed E-state index contributed by atoms with van der Waals surface area (Å²) in [5.74, 6) is -1.87. The van der Waals surface area contributed by atoms with Gasteiger partial charge in [0.1, 0.15) is 5.82 Å². The van der Waals surface area contributed by atoms with Gasteiger partial charge >= 0.3 is 0 Å². The summed E-state index contributed by atoms with van der Waals surface area (Å²) in [7, 11) is 0. The van der Waals surface area contributed by atoms with Crippen molar-refractivity contribution in [2.45, 2.75) is 6.54 Å². The van der Waals surface area contributed by atoms with E-state index < -0.39 is 5.91 Å². The Bertz CT molecular complexity index is 900. The number of carbonyl (C=O) groups excluding carboxylic acids is 1. The van der Waals surface area contributed by atoms with Gasteiger partial charge in [0, 0.05) is 0 Å². The largest absolute Gasteiger partial charge is 0.382 e. The zero-order valence-corrected chi connectivity index (χ0v) is 14.5. The average molecular weight is 395 g/mol. The summed E-state index contributed by atoms with van der Waals surface area (Å²) < 4.78 is 12.8. The molecule has 0 aliphatic carbocycles. The van der Waals surface area contributed by atoms with Crippen LogP contribution >= 0.6 is 11.6 Å². The van der Waals surface area contributed by atoms with Crippen molar-refractivity contribution in [2.75, 3.05) is 11.5 Å². The zero-order valence-electron chi connectivity index (χ0n) is 13.8. The van der Waals surface area contributed by atoms with Crippen LogP contribution in [0.25, 0.3) is 0 Å². The molecule has 0 unspecified atom stereocenters. The van der Waals surface area contributed by atoms with E-state index in [2.05, 4.69) is 30.8 Å². The van der Waals surface area contributed by atoms with Crippen molar-refractivity contribution in [1.82, 2.24) is 20.8 Å². The van der Waals surface area contributed by atoms with Crippen LogP contribution in [0.1, 0.15) is 16.1 Å². The van der Waals surface area contributed by atoms with Crippen molar-refractivity contribution >= 4 is 41.1 Å². The van der Waals surface area contributed by atoms with Crippen LogP contribution in [0.5, 0.6) is 0 Å². The van der Waals surface area contributed by atoms with E-state index >= 15 is 0 Å². The molecular formula is C14H16ClFN10O. The van der Waals surface area contributed by atoms with E-state index in [9.17, 15) is 9.18 Å². The third-order valence-corrected chi connectivity index (χ3v) is 3.27. The topological polar surface area (TPSA) is 196 Å². The van der Waals surface area contributed by atoms with Crippen molar-refractivity contribution < 1.29 is 9.18 Å². The number of amides is 1. The molecule has 11 nitrogen and oxygen atoms in total. The highest BCUT2D eigenvalue weighted by Crippen LogP contribution is 2.16. The molecule has 0 saturated carbocycles. The molecule has 0 radical (unpaired) electrons. The number of nitrogens with one attached hydrogen (secondary N) is 2. The van der Waals surface area contributed by atoms with Crippen LogP contribution in [0, 0.1) is 5.82 Å². The smallest absolute Gasteiger partial charge is 0.292 e. The molecule has 1 aromatic heterocycles. The first-order valence-electron chi connectivity index (χ1n) is 7.29. The minimum Gasteiger partial charge on any atom is -0.382 e. The molecule has 0 aliphatic rings. The number of nitrogens with zero attached hydrogens (tertiary/aromatic N) is 4. The average Bonchev–Trinajstić information content (AvgIpc) is 2.62. The Morgan fingerprint density at radius 3 is 2.44 bits per heavy atom. The molecule has 0 saturated heterocycles. The van der Waals surface area contributed by atoms with E-state index in [1.165, 1.54) is 12.1 Å². The van der Waals surface area contributed by atoms with Crippen LogP contribution in [0.4, 0.5) is 16.0 Å². The van der Waals surface area contributed by atoms with Crippen molar-refractivity contribution in [1.29, 1.82) is 0 Å². The minimum absolute atomic E-state index is 0.107. The number of carbonyl (C=O) groups is 1. The number of guanidine groups is 2. The zero-order chi connectivity index (χ0) is 20.0. The van der Waals surface area contributed by atoms with Crippen LogP contribution in [-0.2, 0) is 6.54 Å². The number of nitrogen functional groups attached to an aromatic ring is 2. The molecule has 2 aromatic rings. The molecular weight excluding hydrogens is 379 g/mol. The van der Waals surface area contributed by atoms with Gasteiger partial charge in [0.15, 0.2) is 22.5 Å². The number of anilines is 2. The van der Waals surface area contributed by atoms with Gasteiger partial charge in [-0.05, 0) is 17.7 Å². The quantitative estimate of drug-likeness (QED) is 0.227. The van der Waals surface area contributed by atoms with E-state index in [4.69, 9.17) is 34.5 Å². The van der Waals surface area contributed by atoms with Crippen LogP contribution in [0.3, 0.4) is 0 Å². The van der Waals surface area contributed by atoms with Gasteiger partial charge in [-0.25, -0.2) is 19.4 Å². The van der Waals surface area contributed by atoms with E-state index in [1.54, 1.807) is 12.1 Å². The fourth-order valence-electron chi connectivity index (χ4n) is 1.74. The van der Waals surface area contributed by atoms with Crippen molar-refractivity contribution in [3.05, 3.63) is 46.5 Å². The molecule has 1 amide bonds. The molecule has 0 aliphatic heterocycles. The van der Waals surface area contributed by atoms with Crippen LogP contribution in [-0.4, -0.2) is 27.8 Å². The molecule has 0 fully saturated rings. The Morgan fingerprint density at radius 1 is 1.11 bits per heavy atom. The molecule has 1 heterocycles.